The van der Waals surface area contributed by atoms with Crippen LogP contribution in [0.25, 0.3) is 0 Å². The molecule has 4 heteroatoms. The first-order chi connectivity index (χ1) is 8.27. The molecule has 0 aliphatic rings. The molecule has 17 heavy (non-hydrogen) atoms. The number of nitriles is 1. The Morgan fingerprint density at radius 1 is 1.41 bits per heavy atom. The Morgan fingerprint density at radius 3 is 2.88 bits per heavy atom. The van der Waals surface area contributed by atoms with Crippen LogP contribution in [0.2, 0.25) is 5.02 Å². The molecule has 0 unspecified atom stereocenters. The van der Waals surface area contributed by atoms with E-state index >= 15 is 0 Å². The van der Waals surface area contributed by atoms with Gasteiger partial charge in [-0.2, -0.15) is 5.26 Å². The normalized spacial score (nSPS) is 9.94. The van der Waals surface area contributed by atoms with E-state index in [-0.39, 0.29) is 0 Å². The van der Waals surface area contributed by atoms with Crippen LogP contribution in [0.3, 0.4) is 0 Å². The fourth-order valence-electron chi connectivity index (χ4n) is 1.37. The average Bonchev–Trinajstić information content (AvgIpc) is 2.35. The number of nitrogens with zero attached hydrogens (tertiary/aromatic N) is 1. The van der Waals surface area contributed by atoms with Crippen molar-refractivity contribution in [3.63, 3.8) is 0 Å². The zero-order chi connectivity index (χ0) is 12.5. The van der Waals surface area contributed by atoms with Gasteiger partial charge < -0.3 is 10.1 Å². The fourth-order valence-corrected chi connectivity index (χ4v) is 1.62. The number of ether oxygens (including phenoxy) is 1. The van der Waals surface area contributed by atoms with E-state index in [1.165, 1.54) is 0 Å². The molecule has 0 saturated heterocycles. The number of halogens is 1. The number of rotatable bonds is 7. The van der Waals surface area contributed by atoms with E-state index in [2.05, 4.69) is 18.3 Å². The first-order valence-electron chi connectivity index (χ1n) is 5.79. The van der Waals surface area contributed by atoms with Crippen molar-refractivity contribution in [2.75, 3.05) is 25.1 Å². The fraction of sp³-hybridized carbons (Fsp3) is 0.462. The third kappa shape index (κ3) is 5.08. The van der Waals surface area contributed by atoms with E-state index in [1.54, 1.807) is 12.1 Å². The molecule has 1 aromatic rings. The van der Waals surface area contributed by atoms with Gasteiger partial charge in [-0.1, -0.05) is 18.5 Å². The van der Waals surface area contributed by atoms with Crippen LogP contribution in [-0.4, -0.2) is 19.8 Å². The second-order valence-electron chi connectivity index (χ2n) is 3.70. The molecule has 0 aliphatic heterocycles. The number of nitrogens with one attached hydrogen (secondary N) is 1. The zero-order valence-electron chi connectivity index (χ0n) is 10.0. The predicted molar refractivity (Wildman–Crippen MR) is 70.4 cm³/mol. The molecule has 1 N–H and O–H groups in total. The van der Waals surface area contributed by atoms with E-state index < -0.39 is 0 Å². The molecule has 0 heterocycles. The molecule has 0 bridgehead atoms. The van der Waals surface area contributed by atoms with Gasteiger partial charge in [-0.25, -0.2) is 0 Å². The Hall–Kier alpha value is -1.24. The van der Waals surface area contributed by atoms with Crippen molar-refractivity contribution < 1.29 is 4.74 Å². The maximum atomic E-state index is 8.70. The van der Waals surface area contributed by atoms with Gasteiger partial charge in [0.15, 0.2) is 0 Å². The third-order valence-electron chi connectivity index (χ3n) is 2.23. The number of hydrogen-bond donors (Lipinski definition) is 1. The maximum absolute atomic E-state index is 8.70. The second-order valence-corrected chi connectivity index (χ2v) is 4.11. The topological polar surface area (TPSA) is 45.0 Å². The van der Waals surface area contributed by atoms with Crippen LogP contribution in [0.4, 0.5) is 5.69 Å². The predicted octanol–water partition coefficient (Wildman–Crippen LogP) is 3.44. The third-order valence-corrected chi connectivity index (χ3v) is 2.54. The summed E-state index contributed by atoms with van der Waals surface area (Å²) >= 11 is 6.03. The molecule has 0 saturated carbocycles. The SMILES string of the molecule is CCCOCCCNc1ccc(C#N)cc1Cl. The lowest BCUT2D eigenvalue weighted by Crippen LogP contribution is -2.06. The molecule has 0 spiro atoms. The van der Waals surface area contributed by atoms with Crippen molar-refractivity contribution in [2.45, 2.75) is 19.8 Å². The van der Waals surface area contributed by atoms with Crippen LogP contribution in [0.15, 0.2) is 18.2 Å². The minimum atomic E-state index is 0.576. The van der Waals surface area contributed by atoms with Crippen LogP contribution in [0, 0.1) is 11.3 Å². The van der Waals surface area contributed by atoms with Crippen molar-refractivity contribution >= 4 is 17.3 Å². The summed E-state index contributed by atoms with van der Waals surface area (Å²) in [6.07, 6.45) is 1.99. The summed E-state index contributed by atoms with van der Waals surface area (Å²) in [6, 6.07) is 7.30. The van der Waals surface area contributed by atoms with Gasteiger partial charge in [0.05, 0.1) is 22.3 Å². The Kier molecular flexibility index (Phi) is 6.46. The highest BCUT2D eigenvalue weighted by Gasteiger charge is 2.00. The van der Waals surface area contributed by atoms with E-state index in [0.717, 1.165) is 38.3 Å². The molecular weight excluding hydrogens is 236 g/mol. The summed E-state index contributed by atoms with van der Waals surface area (Å²) in [5.74, 6) is 0. The summed E-state index contributed by atoms with van der Waals surface area (Å²) in [4.78, 5) is 0. The van der Waals surface area contributed by atoms with Crippen molar-refractivity contribution in [3.8, 4) is 6.07 Å². The van der Waals surface area contributed by atoms with Crippen LogP contribution in [-0.2, 0) is 4.74 Å². The van der Waals surface area contributed by atoms with Gasteiger partial charge in [0, 0.05) is 19.8 Å². The number of anilines is 1. The molecule has 0 radical (unpaired) electrons. The first kappa shape index (κ1) is 13.8. The highest BCUT2D eigenvalue weighted by atomic mass is 35.5. The van der Waals surface area contributed by atoms with Crippen LogP contribution >= 0.6 is 11.6 Å². The van der Waals surface area contributed by atoms with Gasteiger partial charge in [0.2, 0.25) is 0 Å². The van der Waals surface area contributed by atoms with Crippen molar-refractivity contribution in [3.05, 3.63) is 28.8 Å². The standard InChI is InChI=1S/C13H17ClN2O/c1-2-7-17-8-3-6-16-13-5-4-11(10-15)9-12(13)14/h4-5,9,16H,2-3,6-8H2,1H3. The molecule has 1 aromatic carbocycles. The molecule has 0 fully saturated rings. The van der Waals surface area contributed by atoms with E-state index in [4.69, 9.17) is 21.6 Å². The summed E-state index contributed by atoms with van der Waals surface area (Å²) < 4.78 is 5.37. The lowest BCUT2D eigenvalue weighted by molar-refractivity contribution is 0.134. The zero-order valence-corrected chi connectivity index (χ0v) is 10.8. The summed E-state index contributed by atoms with van der Waals surface area (Å²) in [6.45, 7) is 4.48. The van der Waals surface area contributed by atoms with Crippen molar-refractivity contribution in [2.24, 2.45) is 0 Å². The molecule has 0 aromatic heterocycles. The Balaban J connectivity index is 2.30. The highest BCUT2D eigenvalue weighted by molar-refractivity contribution is 6.33. The lowest BCUT2D eigenvalue weighted by Gasteiger charge is -2.08. The van der Waals surface area contributed by atoms with Gasteiger partial charge >= 0.3 is 0 Å². The minimum Gasteiger partial charge on any atom is -0.384 e. The first-order valence-corrected chi connectivity index (χ1v) is 6.17. The highest BCUT2D eigenvalue weighted by Crippen LogP contribution is 2.22. The smallest absolute Gasteiger partial charge is 0.0992 e. The van der Waals surface area contributed by atoms with Crippen molar-refractivity contribution in [1.29, 1.82) is 5.26 Å². The second kappa shape index (κ2) is 7.94. The van der Waals surface area contributed by atoms with E-state index in [9.17, 15) is 0 Å². The molecule has 3 nitrogen and oxygen atoms in total. The van der Waals surface area contributed by atoms with Crippen LogP contribution < -0.4 is 5.32 Å². The van der Waals surface area contributed by atoms with E-state index in [0.29, 0.717) is 10.6 Å². The van der Waals surface area contributed by atoms with Gasteiger partial charge in [0.1, 0.15) is 0 Å². The van der Waals surface area contributed by atoms with Crippen molar-refractivity contribution in [1.82, 2.24) is 0 Å². The monoisotopic (exact) mass is 252 g/mol. The minimum absolute atomic E-state index is 0.576. The Labute approximate surface area is 107 Å². The maximum Gasteiger partial charge on any atom is 0.0992 e. The van der Waals surface area contributed by atoms with Gasteiger partial charge in [-0.3, -0.25) is 0 Å². The van der Waals surface area contributed by atoms with E-state index in [1.807, 2.05) is 6.07 Å². The number of benzene rings is 1. The molecule has 0 atom stereocenters. The summed E-state index contributed by atoms with van der Waals surface area (Å²) in [5.41, 5.74) is 1.44. The Bertz CT molecular complexity index is 387. The molecule has 92 valence electrons. The largest absolute Gasteiger partial charge is 0.384 e. The van der Waals surface area contributed by atoms with Crippen LogP contribution in [0.5, 0.6) is 0 Å². The lowest BCUT2D eigenvalue weighted by atomic mass is 10.2. The van der Waals surface area contributed by atoms with Gasteiger partial charge in [0.25, 0.3) is 0 Å². The molecule has 0 aliphatic carbocycles. The quantitative estimate of drug-likeness (QED) is 0.756. The summed E-state index contributed by atoms with van der Waals surface area (Å²) in [5, 5.41) is 12.5. The molecule has 0 amide bonds. The average molecular weight is 253 g/mol. The Morgan fingerprint density at radius 2 is 2.24 bits per heavy atom. The van der Waals surface area contributed by atoms with Gasteiger partial charge in [-0.15, -0.1) is 0 Å². The number of hydrogen-bond acceptors (Lipinski definition) is 3. The molecular formula is C13H17ClN2O. The molecule has 1 rings (SSSR count). The summed E-state index contributed by atoms with van der Waals surface area (Å²) in [7, 11) is 0. The van der Waals surface area contributed by atoms with Crippen LogP contribution in [0.1, 0.15) is 25.3 Å². The van der Waals surface area contributed by atoms with Gasteiger partial charge in [-0.05, 0) is 31.0 Å².